The Morgan fingerprint density at radius 3 is 2.94 bits per heavy atom. The van der Waals surface area contributed by atoms with Gasteiger partial charge >= 0.3 is 0 Å². The summed E-state index contributed by atoms with van der Waals surface area (Å²) in [7, 11) is 0. The van der Waals surface area contributed by atoms with Crippen LogP contribution in [-0.4, -0.2) is 25.2 Å². The third kappa shape index (κ3) is 1.14. The Bertz CT molecular complexity index is 424. The second kappa shape index (κ2) is 3.08. The van der Waals surface area contributed by atoms with Gasteiger partial charge in [0.1, 0.15) is 0 Å². The summed E-state index contributed by atoms with van der Waals surface area (Å²) in [5.74, 6) is 0. The van der Waals surface area contributed by atoms with Gasteiger partial charge in [-0.2, -0.15) is 0 Å². The molecule has 3 aliphatic rings. The van der Waals surface area contributed by atoms with Crippen LogP contribution < -0.4 is 10.6 Å². The second-order valence-corrected chi connectivity index (χ2v) is 5.59. The van der Waals surface area contributed by atoms with Crippen molar-refractivity contribution in [2.75, 3.05) is 13.1 Å². The zero-order valence-corrected chi connectivity index (χ0v) is 9.50. The second-order valence-electron chi connectivity index (χ2n) is 5.59. The quantitative estimate of drug-likeness (QED) is 0.773. The lowest BCUT2D eigenvalue weighted by molar-refractivity contribution is 0.353. The number of hydrogen-bond donors (Lipinski definition) is 2. The first-order valence-electron chi connectivity index (χ1n) is 6.44. The first-order valence-corrected chi connectivity index (χ1v) is 6.44. The molecule has 0 radical (unpaired) electrons. The maximum atomic E-state index is 3.80. The summed E-state index contributed by atoms with van der Waals surface area (Å²) >= 11 is 0. The number of benzene rings is 1. The molecule has 2 atom stereocenters. The number of nitrogens with one attached hydrogen (secondary N) is 2. The van der Waals surface area contributed by atoms with Gasteiger partial charge in [-0.3, -0.25) is 0 Å². The van der Waals surface area contributed by atoms with Crippen LogP contribution in [0.5, 0.6) is 0 Å². The van der Waals surface area contributed by atoms with E-state index in [0.717, 1.165) is 25.2 Å². The zero-order chi connectivity index (χ0) is 10.6. The van der Waals surface area contributed by atoms with Crippen LogP contribution in [0.1, 0.15) is 24.0 Å². The van der Waals surface area contributed by atoms with E-state index in [1.54, 1.807) is 11.1 Å². The average molecular weight is 214 g/mol. The molecule has 2 heteroatoms. The fraction of sp³-hybridized carbons (Fsp3) is 0.571. The largest absolute Gasteiger partial charge is 0.314 e. The molecule has 4 rings (SSSR count). The van der Waals surface area contributed by atoms with Gasteiger partial charge in [0, 0.05) is 30.6 Å². The fourth-order valence-electron chi connectivity index (χ4n) is 3.51. The molecule has 1 aromatic carbocycles. The minimum Gasteiger partial charge on any atom is -0.314 e. The molecule has 0 bridgehead atoms. The summed E-state index contributed by atoms with van der Waals surface area (Å²) < 4.78 is 0. The standard InChI is InChI=1S/C14H18N2/c1-2-4-12-10(3-1)5-6-14(12)7-13(14)16-11-8-15-9-11/h1-4,11,13,15-16H,5-9H2/t13-,14+/m1/s1. The van der Waals surface area contributed by atoms with E-state index in [4.69, 9.17) is 0 Å². The summed E-state index contributed by atoms with van der Waals surface area (Å²) in [6.07, 6.45) is 4.02. The number of rotatable bonds is 2. The molecule has 2 aliphatic carbocycles. The van der Waals surface area contributed by atoms with Crippen molar-refractivity contribution in [1.29, 1.82) is 0 Å². The molecule has 2 N–H and O–H groups in total. The van der Waals surface area contributed by atoms with E-state index in [9.17, 15) is 0 Å². The zero-order valence-electron chi connectivity index (χ0n) is 9.50. The van der Waals surface area contributed by atoms with Crippen LogP contribution in [0.15, 0.2) is 24.3 Å². The predicted octanol–water partition coefficient (Wildman–Crippen LogP) is 1.20. The third-order valence-electron chi connectivity index (χ3n) is 4.69. The molecule has 1 saturated carbocycles. The first kappa shape index (κ1) is 9.20. The van der Waals surface area contributed by atoms with Crippen molar-refractivity contribution in [3.8, 4) is 0 Å². The molecule has 1 saturated heterocycles. The van der Waals surface area contributed by atoms with Crippen molar-refractivity contribution in [3.05, 3.63) is 35.4 Å². The first-order chi connectivity index (χ1) is 7.88. The van der Waals surface area contributed by atoms with E-state index in [2.05, 4.69) is 34.9 Å². The van der Waals surface area contributed by atoms with Gasteiger partial charge in [-0.1, -0.05) is 24.3 Å². The Balaban J connectivity index is 1.57. The van der Waals surface area contributed by atoms with E-state index in [1.807, 2.05) is 0 Å². The van der Waals surface area contributed by atoms with Gasteiger partial charge in [0.15, 0.2) is 0 Å². The lowest BCUT2D eigenvalue weighted by Gasteiger charge is -2.29. The lowest BCUT2D eigenvalue weighted by Crippen LogP contribution is -2.56. The van der Waals surface area contributed by atoms with Crippen LogP contribution in [-0.2, 0) is 11.8 Å². The van der Waals surface area contributed by atoms with Crippen molar-refractivity contribution in [3.63, 3.8) is 0 Å². The average Bonchev–Trinajstić information content (AvgIpc) is 2.82. The Hall–Kier alpha value is -0.860. The normalized spacial score (nSPS) is 36.1. The molecule has 2 fully saturated rings. The predicted molar refractivity (Wildman–Crippen MR) is 64.6 cm³/mol. The maximum Gasteiger partial charge on any atom is 0.0320 e. The van der Waals surface area contributed by atoms with Crippen molar-refractivity contribution in [1.82, 2.24) is 10.6 Å². The van der Waals surface area contributed by atoms with Crippen molar-refractivity contribution >= 4 is 0 Å². The summed E-state index contributed by atoms with van der Waals surface area (Å²) in [5, 5.41) is 7.13. The molecule has 0 amide bonds. The molecular formula is C14H18N2. The molecule has 84 valence electrons. The maximum absolute atomic E-state index is 3.80. The van der Waals surface area contributed by atoms with E-state index in [-0.39, 0.29) is 0 Å². The van der Waals surface area contributed by atoms with Crippen molar-refractivity contribution in [2.45, 2.75) is 36.8 Å². The van der Waals surface area contributed by atoms with E-state index in [0.29, 0.717) is 5.41 Å². The Morgan fingerprint density at radius 2 is 2.12 bits per heavy atom. The Kier molecular flexibility index (Phi) is 1.77. The summed E-state index contributed by atoms with van der Waals surface area (Å²) in [4.78, 5) is 0. The molecule has 1 heterocycles. The van der Waals surface area contributed by atoms with Crippen LogP contribution in [0.2, 0.25) is 0 Å². The number of fused-ring (bicyclic) bond motifs is 2. The van der Waals surface area contributed by atoms with Crippen LogP contribution in [0, 0.1) is 0 Å². The third-order valence-corrected chi connectivity index (χ3v) is 4.69. The molecule has 1 aliphatic heterocycles. The highest BCUT2D eigenvalue weighted by Gasteiger charge is 2.58. The van der Waals surface area contributed by atoms with Gasteiger partial charge in [-0.25, -0.2) is 0 Å². The lowest BCUT2D eigenvalue weighted by atomic mass is 9.97. The van der Waals surface area contributed by atoms with E-state index in [1.165, 1.54) is 19.3 Å². The molecule has 1 aromatic rings. The molecule has 2 nitrogen and oxygen atoms in total. The Morgan fingerprint density at radius 1 is 1.25 bits per heavy atom. The molecule has 1 spiro atoms. The van der Waals surface area contributed by atoms with Crippen LogP contribution in [0.3, 0.4) is 0 Å². The molecule has 0 aromatic heterocycles. The molecule has 16 heavy (non-hydrogen) atoms. The number of aryl methyl sites for hydroxylation is 1. The van der Waals surface area contributed by atoms with Crippen LogP contribution in [0.4, 0.5) is 0 Å². The van der Waals surface area contributed by atoms with E-state index < -0.39 is 0 Å². The number of hydrogen-bond acceptors (Lipinski definition) is 2. The van der Waals surface area contributed by atoms with Crippen LogP contribution >= 0.6 is 0 Å². The topological polar surface area (TPSA) is 24.1 Å². The highest BCUT2D eigenvalue weighted by Crippen LogP contribution is 2.56. The van der Waals surface area contributed by atoms with Crippen LogP contribution in [0.25, 0.3) is 0 Å². The smallest absolute Gasteiger partial charge is 0.0320 e. The summed E-state index contributed by atoms with van der Waals surface area (Å²) in [5.41, 5.74) is 3.75. The highest BCUT2D eigenvalue weighted by molar-refractivity contribution is 5.46. The van der Waals surface area contributed by atoms with Gasteiger partial charge in [-0.15, -0.1) is 0 Å². The molecule has 0 unspecified atom stereocenters. The van der Waals surface area contributed by atoms with Gasteiger partial charge < -0.3 is 10.6 Å². The van der Waals surface area contributed by atoms with Gasteiger partial charge in [0.05, 0.1) is 0 Å². The molecular weight excluding hydrogens is 196 g/mol. The van der Waals surface area contributed by atoms with Crippen molar-refractivity contribution < 1.29 is 0 Å². The monoisotopic (exact) mass is 214 g/mol. The Labute approximate surface area is 96.4 Å². The minimum absolute atomic E-state index is 0.520. The van der Waals surface area contributed by atoms with E-state index >= 15 is 0 Å². The van der Waals surface area contributed by atoms with Crippen molar-refractivity contribution in [2.24, 2.45) is 0 Å². The summed E-state index contributed by atoms with van der Waals surface area (Å²) in [6.45, 7) is 2.32. The van der Waals surface area contributed by atoms with Gasteiger partial charge in [-0.05, 0) is 30.4 Å². The minimum atomic E-state index is 0.520. The van der Waals surface area contributed by atoms with Gasteiger partial charge in [0.25, 0.3) is 0 Å². The highest BCUT2D eigenvalue weighted by atomic mass is 15.1. The summed E-state index contributed by atoms with van der Waals surface area (Å²) in [6, 6.07) is 10.5. The SMILES string of the molecule is c1ccc2c(c1)CC[C@]21C[C@H]1NC1CNC1. The fourth-order valence-corrected chi connectivity index (χ4v) is 3.51. The van der Waals surface area contributed by atoms with Gasteiger partial charge in [0.2, 0.25) is 0 Å².